The molecule has 2 rings (SSSR count). The Balaban J connectivity index is 2.54. The molecule has 0 aliphatic heterocycles. The van der Waals surface area contributed by atoms with E-state index in [1.807, 2.05) is 32.9 Å². The second kappa shape index (κ2) is 6.95. The van der Waals surface area contributed by atoms with Gasteiger partial charge in [-0.15, -0.1) is 0 Å². The van der Waals surface area contributed by atoms with Gasteiger partial charge in [0.2, 0.25) is 8.03 Å². The molecule has 0 spiro atoms. The van der Waals surface area contributed by atoms with Crippen LogP contribution in [0.15, 0.2) is 36.4 Å². The highest BCUT2D eigenvalue weighted by atomic mass is 31.1. The fourth-order valence-corrected chi connectivity index (χ4v) is 3.64. The van der Waals surface area contributed by atoms with Crippen molar-refractivity contribution in [1.82, 2.24) is 0 Å². The van der Waals surface area contributed by atoms with E-state index >= 15 is 0 Å². The Morgan fingerprint density at radius 3 is 2.27 bits per heavy atom. The lowest BCUT2D eigenvalue weighted by molar-refractivity contribution is 0.103. The molecule has 0 N–H and O–H groups in total. The van der Waals surface area contributed by atoms with Crippen molar-refractivity contribution in [2.45, 2.75) is 27.7 Å². The number of hydrogen-bond donors (Lipinski definition) is 0. The Morgan fingerprint density at radius 1 is 1.09 bits per heavy atom. The van der Waals surface area contributed by atoms with Gasteiger partial charge in [-0.1, -0.05) is 29.8 Å². The summed E-state index contributed by atoms with van der Waals surface area (Å²) in [4.78, 5) is 12.9. The van der Waals surface area contributed by atoms with Crippen LogP contribution in [0.1, 0.15) is 39.5 Å². The van der Waals surface area contributed by atoms with Gasteiger partial charge in [-0.2, -0.15) is 0 Å². The van der Waals surface area contributed by atoms with Gasteiger partial charge in [-0.3, -0.25) is 4.79 Å². The third-order valence-electron chi connectivity index (χ3n) is 3.50. The Bertz CT molecular complexity index is 712. The summed E-state index contributed by atoms with van der Waals surface area (Å²) in [5, 5.41) is 0.462. The van der Waals surface area contributed by atoms with Crippen LogP contribution in [0.5, 0.6) is 0 Å². The van der Waals surface area contributed by atoms with Crippen LogP contribution in [0, 0.1) is 20.8 Å². The summed E-state index contributed by atoms with van der Waals surface area (Å²) in [6.45, 7) is 8.00. The molecule has 0 aliphatic rings. The first kappa shape index (κ1) is 16.5. The highest BCUT2D eigenvalue weighted by Crippen LogP contribution is 2.26. The predicted molar refractivity (Wildman–Crippen MR) is 89.4 cm³/mol. The predicted octanol–water partition coefficient (Wildman–Crippen LogP) is 4.25. The quantitative estimate of drug-likeness (QED) is 0.612. The molecule has 0 heterocycles. The minimum absolute atomic E-state index is 0.103. The van der Waals surface area contributed by atoms with E-state index in [-0.39, 0.29) is 5.78 Å². The van der Waals surface area contributed by atoms with Crippen molar-refractivity contribution < 1.29 is 13.9 Å². The Kier molecular flexibility index (Phi) is 5.23. The van der Waals surface area contributed by atoms with Gasteiger partial charge in [0.15, 0.2) is 5.78 Å². The summed E-state index contributed by atoms with van der Waals surface area (Å²) >= 11 is 0. The van der Waals surface area contributed by atoms with Crippen molar-refractivity contribution in [2.24, 2.45) is 0 Å². The van der Waals surface area contributed by atoms with Crippen molar-refractivity contribution in [3.8, 4) is 0 Å². The van der Waals surface area contributed by atoms with E-state index in [0.29, 0.717) is 23.0 Å². The average Bonchev–Trinajstić information content (AvgIpc) is 2.46. The van der Waals surface area contributed by atoms with E-state index in [2.05, 4.69) is 0 Å². The summed E-state index contributed by atoms with van der Waals surface area (Å²) in [5.74, 6) is -0.103. The van der Waals surface area contributed by atoms with Crippen LogP contribution in [0.2, 0.25) is 0 Å². The van der Waals surface area contributed by atoms with Gasteiger partial charge < -0.3 is 4.52 Å². The van der Waals surface area contributed by atoms with E-state index in [0.717, 1.165) is 16.7 Å². The van der Waals surface area contributed by atoms with Crippen molar-refractivity contribution in [3.63, 3.8) is 0 Å². The lowest BCUT2D eigenvalue weighted by Gasteiger charge is -2.12. The average molecular weight is 315 g/mol. The Morgan fingerprint density at radius 2 is 1.68 bits per heavy atom. The molecule has 1 atom stereocenters. The molecule has 22 heavy (non-hydrogen) atoms. The molecule has 1 unspecified atom stereocenters. The zero-order chi connectivity index (χ0) is 16.3. The van der Waals surface area contributed by atoms with E-state index in [9.17, 15) is 9.36 Å². The molecule has 2 aromatic rings. The van der Waals surface area contributed by atoms with Gasteiger partial charge in [-0.05, 0) is 51.0 Å². The molecule has 4 heteroatoms. The minimum atomic E-state index is -2.02. The maximum atomic E-state index is 12.9. The van der Waals surface area contributed by atoms with Crippen LogP contribution in [0.25, 0.3) is 0 Å². The van der Waals surface area contributed by atoms with Gasteiger partial charge in [0.25, 0.3) is 0 Å². The van der Waals surface area contributed by atoms with Crippen molar-refractivity contribution in [1.29, 1.82) is 0 Å². The highest BCUT2D eigenvalue weighted by Gasteiger charge is 2.21. The second-order valence-corrected chi connectivity index (χ2v) is 6.55. The molecule has 0 fully saturated rings. The molecule has 0 aliphatic carbocycles. The maximum absolute atomic E-state index is 12.9. The summed E-state index contributed by atoms with van der Waals surface area (Å²) in [7, 11) is -2.02. The summed E-state index contributed by atoms with van der Waals surface area (Å²) in [6, 6.07) is 10.9. The van der Waals surface area contributed by atoms with Crippen molar-refractivity contribution in [2.75, 3.05) is 6.61 Å². The van der Waals surface area contributed by atoms with E-state index in [1.165, 1.54) is 0 Å². The van der Waals surface area contributed by atoms with Crippen LogP contribution in [0.4, 0.5) is 0 Å². The maximum Gasteiger partial charge on any atom is 0.247 e. The largest absolute Gasteiger partial charge is 0.301 e. The SMILES string of the molecule is CCO[P](=O)c1ccccc1C(=O)c1c(C)cc(C)cc1C. The van der Waals surface area contributed by atoms with Gasteiger partial charge in [0.1, 0.15) is 0 Å². The summed E-state index contributed by atoms with van der Waals surface area (Å²) in [5.41, 5.74) is 4.12. The molecular weight excluding hydrogens is 295 g/mol. The summed E-state index contributed by atoms with van der Waals surface area (Å²) in [6.07, 6.45) is 0. The fraction of sp³-hybridized carbons (Fsp3) is 0.278. The van der Waals surface area contributed by atoms with Gasteiger partial charge in [-0.25, -0.2) is 4.57 Å². The molecular formula is C18H20O3P. The van der Waals surface area contributed by atoms with Crippen LogP contribution in [-0.2, 0) is 9.09 Å². The van der Waals surface area contributed by atoms with Crippen LogP contribution in [-0.4, -0.2) is 12.4 Å². The topological polar surface area (TPSA) is 43.4 Å². The van der Waals surface area contributed by atoms with E-state index < -0.39 is 8.03 Å². The third-order valence-corrected chi connectivity index (χ3v) is 4.77. The molecule has 0 amide bonds. The van der Waals surface area contributed by atoms with Gasteiger partial charge in [0.05, 0.1) is 11.9 Å². The number of carbonyl (C=O) groups is 1. The minimum Gasteiger partial charge on any atom is -0.301 e. The monoisotopic (exact) mass is 315 g/mol. The third kappa shape index (κ3) is 3.32. The number of carbonyl (C=O) groups excluding carboxylic acids is 1. The van der Waals surface area contributed by atoms with Crippen LogP contribution in [0.3, 0.4) is 0 Å². The van der Waals surface area contributed by atoms with Gasteiger partial charge >= 0.3 is 0 Å². The second-order valence-electron chi connectivity index (χ2n) is 5.29. The van der Waals surface area contributed by atoms with Gasteiger partial charge in [0, 0.05) is 11.1 Å². The molecule has 3 nitrogen and oxygen atoms in total. The number of aryl methyl sites for hydroxylation is 3. The number of rotatable bonds is 5. The molecule has 0 aromatic heterocycles. The lowest BCUT2D eigenvalue weighted by atomic mass is 9.93. The zero-order valence-electron chi connectivity index (χ0n) is 13.3. The zero-order valence-corrected chi connectivity index (χ0v) is 14.2. The Hall–Kier alpha value is -1.83. The molecule has 115 valence electrons. The normalized spacial score (nSPS) is 11.4. The number of benzene rings is 2. The molecule has 0 bridgehead atoms. The Labute approximate surface area is 132 Å². The molecule has 0 saturated carbocycles. The van der Waals surface area contributed by atoms with Crippen molar-refractivity contribution in [3.05, 3.63) is 64.2 Å². The first-order valence-electron chi connectivity index (χ1n) is 7.27. The highest BCUT2D eigenvalue weighted by molar-refractivity contribution is 7.48. The smallest absolute Gasteiger partial charge is 0.247 e. The first-order valence-corrected chi connectivity index (χ1v) is 8.45. The molecule has 1 radical (unpaired) electrons. The van der Waals surface area contributed by atoms with Crippen LogP contribution < -0.4 is 5.30 Å². The fourth-order valence-electron chi connectivity index (χ4n) is 2.68. The summed E-state index contributed by atoms with van der Waals surface area (Å²) < 4.78 is 17.4. The lowest BCUT2D eigenvalue weighted by Crippen LogP contribution is -2.16. The molecule has 2 aromatic carbocycles. The first-order chi connectivity index (χ1) is 10.5. The van der Waals surface area contributed by atoms with Crippen molar-refractivity contribution >= 4 is 19.1 Å². The van der Waals surface area contributed by atoms with E-state index in [4.69, 9.17) is 4.52 Å². The van der Waals surface area contributed by atoms with E-state index in [1.54, 1.807) is 31.2 Å². The number of ketones is 1. The standard InChI is InChI=1S/C18H20O3P/c1-5-21-22(20)16-9-7-6-8-15(16)18(19)17-13(3)10-12(2)11-14(17)4/h6-11H,5H2,1-4H3. The molecule has 0 saturated heterocycles. The van der Waals surface area contributed by atoms with Crippen LogP contribution >= 0.6 is 8.03 Å². The number of hydrogen-bond acceptors (Lipinski definition) is 3.